The molecule has 0 saturated carbocycles. The van der Waals surface area contributed by atoms with Gasteiger partial charge in [-0.05, 0) is 62.4 Å². The van der Waals surface area contributed by atoms with Crippen LogP contribution in [0, 0.1) is 0 Å². The van der Waals surface area contributed by atoms with Gasteiger partial charge in [-0.25, -0.2) is 4.98 Å². The number of aryl methyl sites for hydroxylation is 1. The Morgan fingerprint density at radius 2 is 1.97 bits per heavy atom. The molecule has 3 unspecified atom stereocenters. The first-order chi connectivity index (χ1) is 17.3. The van der Waals surface area contributed by atoms with Gasteiger partial charge in [0.1, 0.15) is 5.82 Å². The Bertz CT molecular complexity index is 1220. The van der Waals surface area contributed by atoms with E-state index < -0.39 is 11.9 Å². The smallest absolute Gasteiger partial charge is 0.311 e. The predicted molar refractivity (Wildman–Crippen MR) is 139 cm³/mol. The van der Waals surface area contributed by atoms with Gasteiger partial charge in [-0.3, -0.25) is 9.59 Å². The summed E-state index contributed by atoms with van der Waals surface area (Å²) < 4.78 is 8.08. The number of hydrogen-bond acceptors (Lipinski definition) is 5. The zero-order valence-corrected chi connectivity index (χ0v) is 21.3. The molecule has 2 aliphatic heterocycles. The Morgan fingerprint density at radius 1 is 1.25 bits per heavy atom. The van der Waals surface area contributed by atoms with Gasteiger partial charge in [-0.1, -0.05) is 23.7 Å². The van der Waals surface area contributed by atoms with Gasteiger partial charge in [0, 0.05) is 42.4 Å². The number of ether oxygens (including phenoxy) is 1. The van der Waals surface area contributed by atoms with Gasteiger partial charge in [0.2, 0.25) is 0 Å². The molecule has 0 spiro atoms. The van der Waals surface area contributed by atoms with E-state index in [1.165, 1.54) is 11.3 Å². The molecule has 8 nitrogen and oxygen atoms in total. The molecule has 2 aliphatic rings. The minimum atomic E-state index is -0.855. The lowest BCUT2D eigenvalue weighted by atomic mass is 9.95. The summed E-state index contributed by atoms with van der Waals surface area (Å²) >= 11 is 6.04. The molecular weight excluding hydrogens is 482 g/mol. The maximum atomic E-state index is 12.3. The summed E-state index contributed by atoms with van der Waals surface area (Å²) in [5.41, 5.74) is 5.32. The molecule has 3 atom stereocenters. The van der Waals surface area contributed by atoms with Gasteiger partial charge >= 0.3 is 5.97 Å². The van der Waals surface area contributed by atoms with Crippen molar-refractivity contribution in [1.82, 2.24) is 9.55 Å². The van der Waals surface area contributed by atoms with E-state index in [2.05, 4.69) is 35.6 Å². The van der Waals surface area contributed by atoms with Crippen molar-refractivity contribution in [3.8, 4) is 0 Å². The number of carbonyl (C=O) groups is 2. The number of fused-ring (bicyclic) bond motifs is 3. The Balaban J connectivity index is 0.000000967. The van der Waals surface area contributed by atoms with Crippen LogP contribution in [0.4, 0.5) is 5.69 Å². The van der Waals surface area contributed by atoms with Gasteiger partial charge in [0.25, 0.3) is 6.47 Å². The number of rotatable bonds is 5. The fraction of sp³-hybridized carbons (Fsp3) is 0.444. The summed E-state index contributed by atoms with van der Waals surface area (Å²) in [6.07, 6.45) is 4.39. The molecule has 36 heavy (non-hydrogen) atoms. The molecule has 2 N–H and O–H groups in total. The quantitative estimate of drug-likeness (QED) is 0.466. The molecule has 0 radical (unpaired) electrons. The van der Waals surface area contributed by atoms with E-state index in [1.54, 1.807) is 24.3 Å². The average Bonchev–Trinajstić information content (AvgIpc) is 3.24. The van der Waals surface area contributed by atoms with Crippen LogP contribution >= 0.6 is 11.6 Å². The molecule has 2 aromatic carbocycles. The third-order valence-electron chi connectivity index (χ3n) is 7.33. The molecule has 1 saturated heterocycles. The van der Waals surface area contributed by atoms with Crippen LogP contribution in [-0.2, 0) is 27.2 Å². The van der Waals surface area contributed by atoms with Crippen molar-refractivity contribution in [3.63, 3.8) is 0 Å². The minimum Gasteiger partial charge on any atom is -0.483 e. The lowest BCUT2D eigenvalue weighted by molar-refractivity contribution is -0.138. The molecule has 5 rings (SSSR count). The van der Waals surface area contributed by atoms with Crippen LogP contribution < -0.4 is 4.90 Å². The fourth-order valence-corrected chi connectivity index (χ4v) is 5.45. The maximum absolute atomic E-state index is 12.3. The van der Waals surface area contributed by atoms with E-state index in [0.29, 0.717) is 24.1 Å². The largest absolute Gasteiger partial charge is 0.483 e. The molecule has 0 amide bonds. The zero-order valence-electron chi connectivity index (χ0n) is 20.6. The van der Waals surface area contributed by atoms with Gasteiger partial charge in [-0.2, -0.15) is 0 Å². The van der Waals surface area contributed by atoms with Crippen molar-refractivity contribution in [2.24, 2.45) is 0 Å². The third-order valence-corrected chi connectivity index (χ3v) is 7.58. The molecule has 3 heterocycles. The van der Waals surface area contributed by atoms with Crippen LogP contribution in [0.5, 0.6) is 0 Å². The van der Waals surface area contributed by atoms with Crippen LogP contribution in [0.2, 0.25) is 5.02 Å². The van der Waals surface area contributed by atoms with Crippen molar-refractivity contribution >= 4 is 40.8 Å². The maximum Gasteiger partial charge on any atom is 0.311 e. The standard InChI is InChI=1S/C26H30ClN3O3.CH2O2/c1-16-5-10-20-22(29(16)2)11-12-23-25(20)28-24(30(23)19-4-3-13-33-15-19)14-21(26(31)32)17-6-8-18(27)9-7-17;2-1-3/h6-9,11-12,16,19,21H,3-5,10,13-15H2,1-2H3,(H,31,32);1H,(H,2,3). The van der Waals surface area contributed by atoms with E-state index in [4.69, 9.17) is 31.2 Å². The number of aliphatic carboxylic acids is 1. The number of carboxylic acids is 1. The third kappa shape index (κ3) is 5.20. The van der Waals surface area contributed by atoms with Crippen molar-refractivity contribution in [2.45, 2.75) is 57.0 Å². The van der Waals surface area contributed by atoms with Crippen LogP contribution in [-0.4, -0.2) is 58.5 Å². The van der Waals surface area contributed by atoms with Gasteiger partial charge < -0.3 is 24.4 Å². The SMILES string of the molecule is CC1CCc2c(ccc3c2nc(CC(C(=O)O)c2ccc(Cl)cc2)n3C2CCCOC2)N1C.O=CO. The van der Waals surface area contributed by atoms with Crippen LogP contribution in [0.3, 0.4) is 0 Å². The number of anilines is 1. The highest BCUT2D eigenvalue weighted by molar-refractivity contribution is 6.30. The molecule has 192 valence electrons. The predicted octanol–water partition coefficient (Wildman–Crippen LogP) is 4.92. The number of aromatic nitrogens is 2. The Labute approximate surface area is 215 Å². The van der Waals surface area contributed by atoms with Crippen LogP contribution in [0.1, 0.15) is 55.1 Å². The average molecular weight is 514 g/mol. The lowest BCUT2D eigenvalue weighted by Crippen LogP contribution is -2.33. The number of carboxylic acid groups (broad SMARTS) is 2. The van der Waals surface area contributed by atoms with E-state index in [-0.39, 0.29) is 12.5 Å². The molecular formula is C27H32ClN3O5. The van der Waals surface area contributed by atoms with Gasteiger partial charge in [0.15, 0.2) is 0 Å². The second-order valence-corrected chi connectivity index (χ2v) is 9.89. The van der Waals surface area contributed by atoms with E-state index >= 15 is 0 Å². The molecule has 0 aliphatic carbocycles. The lowest BCUT2D eigenvalue weighted by Gasteiger charge is -2.34. The first kappa shape index (κ1) is 26.0. The van der Waals surface area contributed by atoms with Crippen molar-refractivity contribution in [1.29, 1.82) is 0 Å². The second kappa shape index (κ2) is 11.3. The van der Waals surface area contributed by atoms with Gasteiger partial charge in [-0.15, -0.1) is 0 Å². The number of benzene rings is 2. The summed E-state index contributed by atoms with van der Waals surface area (Å²) in [6, 6.07) is 12.1. The normalized spacial score (nSPS) is 20.2. The van der Waals surface area contributed by atoms with Crippen molar-refractivity contribution < 1.29 is 24.5 Å². The van der Waals surface area contributed by atoms with Gasteiger partial charge in [0.05, 0.1) is 29.6 Å². The highest BCUT2D eigenvalue weighted by Crippen LogP contribution is 2.38. The second-order valence-electron chi connectivity index (χ2n) is 9.45. The molecule has 3 aromatic rings. The Morgan fingerprint density at radius 3 is 2.61 bits per heavy atom. The summed E-state index contributed by atoms with van der Waals surface area (Å²) in [5.74, 6) is -0.732. The number of imidazole rings is 1. The molecule has 1 fully saturated rings. The van der Waals surface area contributed by atoms with E-state index in [1.807, 2.05) is 0 Å². The number of halogens is 1. The number of nitrogens with zero attached hydrogens (tertiary/aromatic N) is 3. The molecule has 9 heteroatoms. The highest BCUT2D eigenvalue weighted by atomic mass is 35.5. The Hall–Kier alpha value is -3.10. The zero-order chi connectivity index (χ0) is 25.8. The summed E-state index contributed by atoms with van der Waals surface area (Å²) in [4.78, 5) is 28.1. The summed E-state index contributed by atoms with van der Waals surface area (Å²) in [7, 11) is 2.14. The van der Waals surface area contributed by atoms with Crippen LogP contribution in [0.15, 0.2) is 36.4 Å². The topological polar surface area (TPSA) is 105 Å². The Kier molecular flexibility index (Phi) is 8.16. The summed E-state index contributed by atoms with van der Waals surface area (Å²) in [6.45, 7) is 3.41. The van der Waals surface area contributed by atoms with Crippen LogP contribution in [0.25, 0.3) is 11.0 Å². The minimum absolute atomic E-state index is 0.164. The highest BCUT2D eigenvalue weighted by Gasteiger charge is 2.30. The molecule has 1 aromatic heterocycles. The van der Waals surface area contributed by atoms with E-state index in [9.17, 15) is 9.90 Å². The first-order valence-corrected chi connectivity index (χ1v) is 12.6. The van der Waals surface area contributed by atoms with E-state index in [0.717, 1.165) is 54.7 Å². The monoisotopic (exact) mass is 513 g/mol. The molecule has 0 bridgehead atoms. The number of hydrogen-bond donors (Lipinski definition) is 2. The van der Waals surface area contributed by atoms with Crippen molar-refractivity contribution in [3.05, 3.63) is 58.4 Å². The fourth-order valence-electron chi connectivity index (χ4n) is 5.32. The summed E-state index contributed by atoms with van der Waals surface area (Å²) in [5, 5.41) is 17.6. The van der Waals surface area contributed by atoms with Crippen molar-refractivity contribution in [2.75, 3.05) is 25.2 Å². The first-order valence-electron chi connectivity index (χ1n) is 12.2.